The third-order valence-electron chi connectivity index (χ3n) is 2.79. The van der Waals surface area contributed by atoms with Gasteiger partial charge in [-0.05, 0) is 35.8 Å². The van der Waals surface area contributed by atoms with Crippen LogP contribution < -0.4 is 0 Å². The van der Waals surface area contributed by atoms with E-state index in [-0.39, 0.29) is 0 Å². The molecule has 0 spiro atoms. The van der Waals surface area contributed by atoms with Crippen LogP contribution >= 0.6 is 39.1 Å². The fourth-order valence-corrected chi connectivity index (χ4v) is 2.52. The first-order valence-electron chi connectivity index (χ1n) is 5.85. The lowest BCUT2D eigenvalue weighted by Gasteiger charge is -2.08. The van der Waals surface area contributed by atoms with Crippen molar-refractivity contribution < 1.29 is 0 Å². The van der Waals surface area contributed by atoms with E-state index in [0.29, 0.717) is 21.3 Å². The normalized spacial score (nSPS) is 13.6. The Hall–Kier alpha value is -1.10. The summed E-state index contributed by atoms with van der Waals surface area (Å²) in [4.78, 5) is 4.56. The van der Waals surface area contributed by atoms with Crippen molar-refractivity contribution in [3.63, 3.8) is 0 Å². The number of aromatic nitrogens is 3. The van der Waals surface area contributed by atoms with Crippen molar-refractivity contribution in [1.82, 2.24) is 14.6 Å². The van der Waals surface area contributed by atoms with Crippen LogP contribution in [-0.4, -0.2) is 14.6 Å². The standard InChI is InChI=1S/C14H12BrCl2N3/c1-4-9(13(17)11(16)5-2)12-6-8(3)20-14(19-12)10(15)7-18-20/h4-7H,1H2,2-3H3/b11-5+,13-9-. The first kappa shape index (κ1) is 15.3. The van der Waals surface area contributed by atoms with Crippen molar-refractivity contribution in [3.05, 3.63) is 56.9 Å². The number of hydrogen-bond acceptors (Lipinski definition) is 2. The molecular weight excluding hydrogens is 361 g/mol. The van der Waals surface area contributed by atoms with Crippen molar-refractivity contribution in [2.45, 2.75) is 13.8 Å². The average Bonchev–Trinajstić information content (AvgIpc) is 2.81. The van der Waals surface area contributed by atoms with Crippen LogP contribution in [-0.2, 0) is 0 Å². The van der Waals surface area contributed by atoms with E-state index in [4.69, 9.17) is 23.2 Å². The number of allylic oxidation sites excluding steroid dienone is 5. The summed E-state index contributed by atoms with van der Waals surface area (Å²) < 4.78 is 2.57. The van der Waals surface area contributed by atoms with Gasteiger partial charge < -0.3 is 0 Å². The first-order chi connectivity index (χ1) is 9.49. The maximum absolute atomic E-state index is 6.28. The maximum atomic E-state index is 6.28. The minimum Gasteiger partial charge on any atom is -0.227 e. The molecule has 2 heterocycles. The van der Waals surface area contributed by atoms with Gasteiger partial charge in [-0.1, -0.05) is 41.9 Å². The monoisotopic (exact) mass is 371 g/mol. The summed E-state index contributed by atoms with van der Waals surface area (Å²) in [6.07, 6.45) is 5.08. The zero-order valence-electron chi connectivity index (χ0n) is 11.0. The van der Waals surface area contributed by atoms with Crippen LogP contribution in [0.2, 0.25) is 0 Å². The number of halogens is 3. The molecule has 0 aromatic carbocycles. The summed E-state index contributed by atoms with van der Waals surface area (Å²) in [5, 5.41) is 5.13. The number of hydrogen-bond donors (Lipinski definition) is 0. The molecule has 0 aliphatic carbocycles. The second-order valence-electron chi connectivity index (χ2n) is 4.08. The van der Waals surface area contributed by atoms with Gasteiger partial charge in [0.05, 0.1) is 26.4 Å². The van der Waals surface area contributed by atoms with E-state index >= 15 is 0 Å². The Bertz CT molecular complexity index is 744. The molecule has 0 radical (unpaired) electrons. The lowest BCUT2D eigenvalue weighted by atomic mass is 10.1. The Kier molecular flexibility index (Phi) is 4.68. The summed E-state index contributed by atoms with van der Waals surface area (Å²) in [7, 11) is 0. The largest absolute Gasteiger partial charge is 0.227 e. The highest BCUT2D eigenvalue weighted by atomic mass is 79.9. The van der Waals surface area contributed by atoms with Crippen LogP contribution in [0.3, 0.4) is 0 Å². The molecule has 0 amide bonds. The molecule has 0 unspecified atom stereocenters. The highest BCUT2D eigenvalue weighted by Crippen LogP contribution is 2.30. The molecular formula is C14H12BrCl2N3. The minimum atomic E-state index is 0.427. The van der Waals surface area contributed by atoms with Gasteiger partial charge in [0.2, 0.25) is 0 Å². The summed E-state index contributed by atoms with van der Waals surface area (Å²) in [6, 6.07) is 1.89. The van der Waals surface area contributed by atoms with Crippen molar-refractivity contribution in [1.29, 1.82) is 0 Å². The molecule has 0 fully saturated rings. The fraction of sp³-hybridized carbons (Fsp3) is 0.143. The predicted octanol–water partition coefficient (Wildman–Crippen LogP) is 5.08. The van der Waals surface area contributed by atoms with Crippen LogP contribution in [0.4, 0.5) is 0 Å². The second kappa shape index (κ2) is 6.12. The molecule has 0 aliphatic heterocycles. The Balaban J connectivity index is 2.73. The van der Waals surface area contributed by atoms with E-state index < -0.39 is 0 Å². The van der Waals surface area contributed by atoms with Crippen LogP contribution in [0, 0.1) is 6.92 Å². The third-order valence-corrected chi connectivity index (χ3v) is 4.26. The third kappa shape index (κ3) is 2.68. The van der Waals surface area contributed by atoms with Crippen molar-refractivity contribution in [2.24, 2.45) is 0 Å². The van der Waals surface area contributed by atoms with Crippen molar-refractivity contribution in [2.75, 3.05) is 0 Å². The number of aryl methyl sites for hydroxylation is 1. The van der Waals surface area contributed by atoms with Gasteiger partial charge in [-0.3, -0.25) is 0 Å². The van der Waals surface area contributed by atoms with E-state index in [1.54, 1.807) is 22.9 Å². The Morgan fingerprint density at radius 3 is 2.75 bits per heavy atom. The molecule has 0 saturated heterocycles. The highest BCUT2D eigenvalue weighted by molar-refractivity contribution is 9.10. The number of rotatable bonds is 3. The lowest BCUT2D eigenvalue weighted by Crippen LogP contribution is -2.00. The number of fused-ring (bicyclic) bond motifs is 1. The number of nitrogens with zero attached hydrogens (tertiary/aromatic N) is 3. The second-order valence-corrected chi connectivity index (χ2v) is 5.72. The highest BCUT2D eigenvalue weighted by Gasteiger charge is 2.13. The molecule has 3 nitrogen and oxygen atoms in total. The topological polar surface area (TPSA) is 30.2 Å². The lowest BCUT2D eigenvalue weighted by molar-refractivity contribution is 0.891. The van der Waals surface area contributed by atoms with Crippen LogP contribution in [0.5, 0.6) is 0 Å². The van der Waals surface area contributed by atoms with Gasteiger partial charge in [0.1, 0.15) is 0 Å². The molecule has 0 saturated carbocycles. The van der Waals surface area contributed by atoms with Crippen LogP contribution in [0.15, 0.2) is 45.5 Å². The average molecular weight is 373 g/mol. The van der Waals surface area contributed by atoms with E-state index in [0.717, 1.165) is 15.8 Å². The van der Waals surface area contributed by atoms with Gasteiger partial charge in [-0.15, -0.1) is 0 Å². The fourth-order valence-electron chi connectivity index (χ4n) is 1.79. The van der Waals surface area contributed by atoms with Gasteiger partial charge in [0, 0.05) is 11.3 Å². The first-order valence-corrected chi connectivity index (χ1v) is 7.40. The maximum Gasteiger partial charge on any atom is 0.170 e. The van der Waals surface area contributed by atoms with Crippen molar-refractivity contribution >= 4 is 50.4 Å². The minimum absolute atomic E-state index is 0.427. The molecule has 6 heteroatoms. The molecule has 2 aromatic rings. The molecule has 2 rings (SSSR count). The van der Waals surface area contributed by atoms with Crippen LogP contribution in [0.1, 0.15) is 18.3 Å². The van der Waals surface area contributed by atoms with Gasteiger partial charge >= 0.3 is 0 Å². The van der Waals surface area contributed by atoms with E-state index in [1.165, 1.54) is 0 Å². The Labute approximate surface area is 135 Å². The Morgan fingerprint density at radius 2 is 2.15 bits per heavy atom. The van der Waals surface area contributed by atoms with Crippen molar-refractivity contribution in [3.8, 4) is 0 Å². The van der Waals surface area contributed by atoms with E-state index in [2.05, 4.69) is 32.6 Å². The van der Waals surface area contributed by atoms with Crippen LogP contribution in [0.25, 0.3) is 11.2 Å². The molecule has 0 aliphatic rings. The van der Waals surface area contributed by atoms with Gasteiger partial charge in [-0.25, -0.2) is 9.50 Å². The molecule has 104 valence electrons. The molecule has 0 atom stereocenters. The zero-order chi connectivity index (χ0) is 14.9. The van der Waals surface area contributed by atoms with Gasteiger partial charge in [-0.2, -0.15) is 5.10 Å². The molecule has 0 N–H and O–H groups in total. The van der Waals surface area contributed by atoms with E-state index in [1.807, 2.05) is 19.9 Å². The molecule has 0 bridgehead atoms. The summed E-state index contributed by atoms with van der Waals surface area (Å²) >= 11 is 15.8. The molecule has 20 heavy (non-hydrogen) atoms. The smallest absolute Gasteiger partial charge is 0.170 e. The summed E-state index contributed by atoms with van der Waals surface area (Å²) in [5.74, 6) is 0. The van der Waals surface area contributed by atoms with Gasteiger partial charge in [0.15, 0.2) is 5.65 Å². The molecule has 2 aromatic heterocycles. The van der Waals surface area contributed by atoms with Gasteiger partial charge in [0.25, 0.3) is 0 Å². The zero-order valence-corrected chi connectivity index (χ0v) is 14.1. The predicted molar refractivity (Wildman–Crippen MR) is 88.0 cm³/mol. The quantitative estimate of drug-likeness (QED) is 0.703. The summed E-state index contributed by atoms with van der Waals surface area (Å²) in [5.41, 5.74) is 3.06. The summed E-state index contributed by atoms with van der Waals surface area (Å²) in [6.45, 7) is 7.56. The van der Waals surface area contributed by atoms with E-state index in [9.17, 15) is 0 Å². The SMILES string of the molecule is C=C/C(=C(Cl)\C(Cl)=C/C)c1cc(C)n2ncc(Br)c2n1. The Morgan fingerprint density at radius 1 is 1.45 bits per heavy atom.